The molecule has 0 bridgehead atoms. The molecule has 0 saturated carbocycles. The molecule has 1 N–H and O–H groups in total. The zero-order valence-electron chi connectivity index (χ0n) is 9.96. The molecule has 0 spiro atoms. The van der Waals surface area contributed by atoms with Gasteiger partial charge in [-0.05, 0) is 23.3 Å². The fourth-order valence-corrected chi connectivity index (χ4v) is 1.94. The monoisotopic (exact) mass is 236 g/mol. The Morgan fingerprint density at radius 2 is 1.61 bits per heavy atom. The minimum Gasteiger partial charge on any atom is -0.177 e. The number of aryl methyl sites for hydroxylation is 1. The number of nitrogens with zero attached hydrogens (tertiary/aromatic N) is 3. The highest BCUT2D eigenvalue weighted by molar-refractivity contribution is 5.80. The second kappa shape index (κ2) is 4.41. The first-order valence-corrected chi connectivity index (χ1v) is 5.74. The Kier molecular flexibility index (Phi) is 2.61. The lowest BCUT2D eigenvalue weighted by molar-refractivity contribution is 0.881. The molecule has 3 aromatic rings. The first-order chi connectivity index (χ1) is 8.84. The summed E-state index contributed by atoms with van der Waals surface area (Å²) in [4.78, 5) is 0. The summed E-state index contributed by atoms with van der Waals surface area (Å²) in [7, 11) is 0. The van der Waals surface area contributed by atoms with Gasteiger partial charge < -0.3 is 0 Å². The topological polar surface area (TPSA) is 54.5 Å². The first-order valence-electron chi connectivity index (χ1n) is 5.74. The summed E-state index contributed by atoms with van der Waals surface area (Å²) >= 11 is 0. The standard InChI is InChI=1S/C14H12N4/c1-10-6-8-11(9-7-10)12-4-2-3-5-13(12)14-15-17-18-16-14/h2-9H,1H3,(H,15,16,17,18). The van der Waals surface area contributed by atoms with Crippen LogP contribution in [0.15, 0.2) is 48.5 Å². The van der Waals surface area contributed by atoms with Gasteiger partial charge in [0, 0.05) is 5.56 Å². The van der Waals surface area contributed by atoms with E-state index < -0.39 is 0 Å². The lowest BCUT2D eigenvalue weighted by Gasteiger charge is -2.06. The van der Waals surface area contributed by atoms with Crippen molar-refractivity contribution < 1.29 is 0 Å². The summed E-state index contributed by atoms with van der Waals surface area (Å²) in [6, 6.07) is 16.5. The Hall–Kier alpha value is -2.49. The maximum Gasteiger partial charge on any atom is 0.205 e. The molecule has 1 aromatic heterocycles. The van der Waals surface area contributed by atoms with Gasteiger partial charge in [-0.3, -0.25) is 0 Å². The highest BCUT2D eigenvalue weighted by Crippen LogP contribution is 2.29. The summed E-state index contributed by atoms with van der Waals surface area (Å²) in [5.74, 6) is 0.617. The molecule has 2 aromatic carbocycles. The number of H-pyrrole nitrogens is 1. The van der Waals surface area contributed by atoms with Gasteiger partial charge in [0.1, 0.15) is 0 Å². The molecule has 3 rings (SSSR count). The maximum absolute atomic E-state index is 4.04. The lowest BCUT2D eigenvalue weighted by atomic mass is 9.98. The molecule has 0 unspecified atom stereocenters. The van der Waals surface area contributed by atoms with Gasteiger partial charge in [0.05, 0.1) is 0 Å². The smallest absolute Gasteiger partial charge is 0.177 e. The van der Waals surface area contributed by atoms with E-state index in [4.69, 9.17) is 0 Å². The predicted molar refractivity (Wildman–Crippen MR) is 69.8 cm³/mol. The number of nitrogens with one attached hydrogen (secondary N) is 1. The molecule has 4 nitrogen and oxygen atoms in total. The van der Waals surface area contributed by atoms with E-state index in [9.17, 15) is 0 Å². The third-order valence-corrected chi connectivity index (χ3v) is 2.88. The van der Waals surface area contributed by atoms with E-state index >= 15 is 0 Å². The quantitative estimate of drug-likeness (QED) is 0.744. The minimum absolute atomic E-state index is 0.617. The number of rotatable bonds is 2. The molecular weight excluding hydrogens is 224 g/mol. The fourth-order valence-electron chi connectivity index (χ4n) is 1.94. The molecule has 0 aliphatic rings. The summed E-state index contributed by atoms with van der Waals surface area (Å²) < 4.78 is 0. The van der Waals surface area contributed by atoms with Crippen LogP contribution in [0.3, 0.4) is 0 Å². The van der Waals surface area contributed by atoms with Crippen LogP contribution in [0.4, 0.5) is 0 Å². The number of aromatic amines is 1. The van der Waals surface area contributed by atoms with Gasteiger partial charge in [0.2, 0.25) is 5.82 Å². The number of benzene rings is 2. The van der Waals surface area contributed by atoms with Crippen molar-refractivity contribution in [2.24, 2.45) is 0 Å². The van der Waals surface area contributed by atoms with E-state index in [1.165, 1.54) is 5.56 Å². The average molecular weight is 236 g/mol. The Balaban J connectivity index is 2.15. The van der Waals surface area contributed by atoms with Crippen molar-refractivity contribution in [2.45, 2.75) is 6.92 Å². The third kappa shape index (κ3) is 1.88. The number of tetrazole rings is 1. The average Bonchev–Trinajstić information content (AvgIpc) is 2.93. The second-order valence-corrected chi connectivity index (χ2v) is 4.15. The van der Waals surface area contributed by atoms with Crippen LogP contribution in [0.25, 0.3) is 22.5 Å². The summed E-state index contributed by atoms with van der Waals surface area (Å²) in [5, 5.41) is 14.2. The van der Waals surface area contributed by atoms with Gasteiger partial charge in [-0.2, -0.15) is 5.21 Å². The Morgan fingerprint density at radius 1 is 0.889 bits per heavy atom. The lowest BCUT2D eigenvalue weighted by Crippen LogP contribution is -1.87. The van der Waals surface area contributed by atoms with E-state index in [1.54, 1.807) is 0 Å². The molecule has 0 fully saturated rings. The van der Waals surface area contributed by atoms with Crippen LogP contribution in [0, 0.1) is 6.92 Å². The second-order valence-electron chi connectivity index (χ2n) is 4.15. The summed E-state index contributed by atoms with van der Waals surface area (Å²) in [6.07, 6.45) is 0. The van der Waals surface area contributed by atoms with Gasteiger partial charge in [-0.25, -0.2) is 0 Å². The van der Waals surface area contributed by atoms with Crippen molar-refractivity contribution in [1.29, 1.82) is 0 Å². The molecule has 4 heteroatoms. The van der Waals surface area contributed by atoms with Crippen molar-refractivity contribution in [1.82, 2.24) is 20.6 Å². The van der Waals surface area contributed by atoms with Gasteiger partial charge >= 0.3 is 0 Å². The molecule has 0 saturated heterocycles. The molecule has 0 radical (unpaired) electrons. The highest BCUT2D eigenvalue weighted by Gasteiger charge is 2.09. The van der Waals surface area contributed by atoms with Crippen LogP contribution in [0.2, 0.25) is 0 Å². The molecule has 0 aliphatic heterocycles. The van der Waals surface area contributed by atoms with E-state index in [1.807, 2.05) is 18.2 Å². The fraction of sp³-hybridized carbons (Fsp3) is 0.0714. The van der Waals surface area contributed by atoms with Gasteiger partial charge in [0.15, 0.2) is 0 Å². The van der Waals surface area contributed by atoms with Gasteiger partial charge in [-0.15, -0.1) is 10.2 Å². The van der Waals surface area contributed by atoms with Crippen molar-refractivity contribution in [2.75, 3.05) is 0 Å². The molecule has 0 atom stereocenters. The van der Waals surface area contributed by atoms with Gasteiger partial charge in [0.25, 0.3) is 0 Å². The maximum atomic E-state index is 4.04. The molecular formula is C14H12N4. The van der Waals surface area contributed by atoms with Crippen molar-refractivity contribution in [3.05, 3.63) is 54.1 Å². The Bertz CT molecular complexity index is 642. The number of hydrogen-bond acceptors (Lipinski definition) is 3. The summed E-state index contributed by atoms with van der Waals surface area (Å²) in [6.45, 7) is 2.08. The first kappa shape index (κ1) is 10.7. The van der Waals surface area contributed by atoms with Crippen LogP contribution >= 0.6 is 0 Å². The van der Waals surface area contributed by atoms with Crippen LogP contribution in [-0.4, -0.2) is 20.6 Å². The molecule has 0 aliphatic carbocycles. The van der Waals surface area contributed by atoms with Crippen molar-refractivity contribution in [3.63, 3.8) is 0 Å². The molecule has 88 valence electrons. The molecule has 0 amide bonds. The molecule has 1 heterocycles. The van der Waals surface area contributed by atoms with Gasteiger partial charge in [-0.1, -0.05) is 54.1 Å². The summed E-state index contributed by atoms with van der Waals surface area (Å²) in [5.41, 5.74) is 4.49. The zero-order valence-corrected chi connectivity index (χ0v) is 9.96. The minimum atomic E-state index is 0.617. The van der Waals surface area contributed by atoms with Crippen LogP contribution in [-0.2, 0) is 0 Å². The van der Waals surface area contributed by atoms with Crippen LogP contribution < -0.4 is 0 Å². The molecule has 18 heavy (non-hydrogen) atoms. The predicted octanol–water partition coefficient (Wildman–Crippen LogP) is 2.84. The van der Waals surface area contributed by atoms with E-state index in [0.717, 1.165) is 16.7 Å². The largest absolute Gasteiger partial charge is 0.205 e. The Labute approximate surface area is 105 Å². The van der Waals surface area contributed by atoms with Crippen LogP contribution in [0.5, 0.6) is 0 Å². The highest BCUT2D eigenvalue weighted by atomic mass is 15.5. The van der Waals surface area contributed by atoms with E-state index in [-0.39, 0.29) is 0 Å². The zero-order chi connectivity index (χ0) is 12.4. The van der Waals surface area contributed by atoms with Crippen LogP contribution in [0.1, 0.15) is 5.56 Å². The number of aromatic nitrogens is 4. The normalized spacial score (nSPS) is 10.5. The third-order valence-electron chi connectivity index (χ3n) is 2.88. The Morgan fingerprint density at radius 3 is 2.28 bits per heavy atom. The van der Waals surface area contributed by atoms with E-state index in [0.29, 0.717) is 5.82 Å². The SMILES string of the molecule is Cc1ccc(-c2ccccc2-c2nn[nH]n2)cc1. The van der Waals surface area contributed by atoms with Crippen molar-refractivity contribution >= 4 is 0 Å². The number of hydrogen-bond donors (Lipinski definition) is 1. The van der Waals surface area contributed by atoms with Crippen molar-refractivity contribution in [3.8, 4) is 22.5 Å². The van der Waals surface area contributed by atoms with E-state index in [2.05, 4.69) is 57.9 Å².